The van der Waals surface area contributed by atoms with Gasteiger partial charge in [-0.05, 0) is 41.5 Å². The van der Waals surface area contributed by atoms with Crippen molar-refractivity contribution in [3.05, 3.63) is 89.7 Å². The molecular weight excluding hydrogens is 324 g/mol. The summed E-state index contributed by atoms with van der Waals surface area (Å²) in [7, 11) is 0. The van der Waals surface area contributed by atoms with E-state index in [-0.39, 0.29) is 0 Å². The first-order valence-electron chi connectivity index (χ1n) is 8.94. The molecule has 3 aromatic rings. The van der Waals surface area contributed by atoms with E-state index in [9.17, 15) is 0 Å². The number of pyridine rings is 1. The first kappa shape index (κ1) is 16.6. The maximum absolute atomic E-state index is 5.82. The number of aromatic nitrogens is 1. The average Bonchev–Trinajstić information content (AvgIpc) is 2.72. The van der Waals surface area contributed by atoms with Crippen molar-refractivity contribution in [1.82, 2.24) is 10.3 Å². The molecule has 0 amide bonds. The lowest BCUT2D eigenvalue weighted by Crippen LogP contribution is -2.26. The summed E-state index contributed by atoms with van der Waals surface area (Å²) in [5.41, 5.74) is 3.60. The number of benzene rings is 2. The number of ether oxygens (including phenoxy) is 2. The van der Waals surface area contributed by atoms with Gasteiger partial charge >= 0.3 is 0 Å². The zero-order valence-electron chi connectivity index (χ0n) is 14.6. The van der Waals surface area contributed by atoms with Crippen LogP contribution in [0.5, 0.6) is 11.5 Å². The molecule has 0 unspecified atom stereocenters. The lowest BCUT2D eigenvalue weighted by atomic mass is 10.0. The van der Waals surface area contributed by atoms with E-state index in [1.54, 1.807) is 12.4 Å². The predicted molar refractivity (Wildman–Crippen MR) is 101 cm³/mol. The molecule has 2 aromatic carbocycles. The zero-order chi connectivity index (χ0) is 17.6. The van der Waals surface area contributed by atoms with Gasteiger partial charge in [0, 0.05) is 37.0 Å². The van der Waals surface area contributed by atoms with Crippen molar-refractivity contribution < 1.29 is 9.47 Å². The normalized spacial score (nSPS) is 15.8. The Hall–Kier alpha value is -2.85. The van der Waals surface area contributed by atoms with Crippen LogP contribution < -0.4 is 14.8 Å². The molecule has 0 bridgehead atoms. The third kappa shape index (κ3) is 4.03. The summed E-state index contributed by atoms with van der Waals surface area (Å²) >= 11 is 0. The quantitative estimate of drug-likeness (QED) is 0.724. The second kappa shape index (κ2) is 8.02. The van der Waals surface area contributed by atoms with E-state index < -0.39 is 0 Å². The summed E-state index contributed by atoms with van der Waals surface area (Å²) < 4.78 is 11.5. The highest BCUT2D eigenvalue weighted by Gasteiger charge is 2.20. The molecule has 4 rings (SSSR count). The lowest BCUT2D eigenvalue weighted by Gasteiger charge is -2.26. The Morgan fingerprint density at radius 1 is 0.962 bits per heavy atom. The minimum Gasteiger partial charge on any atom is -0.493 e. The molecule has 0 saturated heterocycles. The highest BCUT2D eigenvalue weighted by Crippen LogP contribution is 2.31. The van der Waals surface area contributed by atoms with Crippen molar-refractivity contribution in [1.29, 1.82) is 0 Å². The van der Waals surface area contributed by atoms with Crippen LogP contribution >= 0.6 is 0 Å². The van der Waals surface area contributed by atoms with Crippen molar-refractivity contribution >= 4 is 0 Å². The molecule has 1 aromatic heterocycles. The Morgan fingerprint density at radius 2 is 1.77 bits per heavy atom. The Morgan fingerprint density at radius 3 is 2.62 bits per heavy atom. The third-order valence-corrected chi connectivity index (χ3v) is 4.59. The highest BCUT2D eigenvalue weighted by atomic mass is 16.5. The van der Waals surface area contributed by atoms with Gasteiger partial charge in [0.05, 0.1) is 6.61 Å². The van der Waals surface area contributed by atoms with Crippen LogP contribution in [0.4, 0.5) is 0 Å². The standard InChI is InChI=1S/C22H22N2O2/c1-2-4-22-20(3-1)21(11-14-25-22)24-15-17-5-7-19(8-6-17)26-16-18-9-12-23-13-10-18/h1-10,12-13,21,24H,11,14-16H2/t21-/m1/s1. The molecule has 0 radical (unpaired) electrons. The molecular formula is C22H22N2O2. The van der Waals surface area contributed by atoms with Crippen LogP contribution in [0.1, 0.15) is 29.2 Å². The molecule has 0 spiro atoms. The van der Waals surface area contributed by atoms with E-state index in [1.807, 2.05) is 36.4 Å². The second-order valence-electron chi connectivity index (χ2n) is 6.40. The lowest BCUT2D eigenvalue weighted by molar-refractivity contribution is 0.252. The van der Waals surface area contributed by atoms with Crippen molar-refractivity contribution in [3.63, 3.8) is 0 Å². The first-order valence-corrected chi connectivity index (χ1v) is 8.94. The van der Waals surface area contributed by atoms with Gasteiger partial charge in [-0.25, -0.2) is 0 Å². The third-order valence-electron chi connectivity index (χ3n) is 4.59. The minimum atomic E-state index is 0.336. The van der Waals surface area contributed by atoms with Gasteiger partial charge in [0.1, 0.15) is 18.1 Å². The van der Waals surface area contributed by atoms with Crippen molar-refractivity contribution in [2.24, 2.45) is 0 Å². The minimum absolute atomic E-state index is 0.336. The molecule has 4 heteroatoms. The summed E-state index contributed by atoms with van der Waals surface area (Å²) in [6.45, 7) is 2.14. The van der Waals surface area contributed by atoms with Crippen molar-refractivity contribution in [2.45, 2.75) is 25.6 Å². The predicted octanol–water partition coefficient (Wildman–Crippen LogP) is 4.27. The molecule has 0 fully saturated rings. The van der Waals surface area contributed by atoms with Gasteiger partial charge < -0.3 is 14.8 Å². The molecule has 1 aliphatic heterocycles. The molecule has 4 nitrogen and oxygen atoms in total. The first-order chi connectivity index (χ1) is 12.9. The topological polar surface area (TPSA) is 43.4 Å². The number of nitrogens with one attached hydrogen (secondary N) is 1. The second-order valence-corrected chi connectivity index (χ2v) is 6.40. The SMILES string of the molecule is c1ccc2c(c1)OCC[C@H]2NCc1ccc(OCc2ccncc2)cc1. The van der Waals surface area contributed by atoms with Crippen molar-refractivity contribution in [3.8, 4) is 11.5 Å². The fraction of sp³-hybridized carbons (Fsp3) is 0.227. The number of fused-ring (bicyclic) bond motifs is 1. The number of hydrogen-bond acceptors (Lipinski definition) is 4. The number of nitrogens with zero attached hydrogens (tertiary/aromatic N) is 1. The maximum atomic E-state index is 5.82. The monoisotopic (exact) mass is 346 g/mol. The summed E-state index contributed by atoms with van der Waals surface area (Å²) in [6.07, 6.45) is 4.55. The summed E-state index contributed by atoms with van der Waals surface area (Å²) in [6, 6.07) is 20.8. The van der Waals surface area contributed by atoms with E-state index in [2.05, 4.69) is 34.6 Å². The smallest absolute Gasteiger partial charge is 0.124 e. The van der Waals surface area contributed by atoms with Crippen LogP contribution in [0.15, 0.2) is 73.1 Å². The molecule has 1 N–H and O–H groups in total. The number of para-hydroxylation sites is 1. The Labute approximate surface area is 153 Å². The Kier molecular flexibility index (Phi) is 5.12. The van der Waals surface area contributed by atoms with Crippen LogP contribution in [0, 0.1) is 0 Å². The maximum Gasteiger partial charge on any atom is 0.124 e. The summed E-state index contributed by atoms with van der Waals surface area (Å²) in [4.78, 5) is 4.01. The zero-order valence-corrected chi connectivity index (χ0v) is 14.6. The van der Waals surface area contributed by atoms with Crippen LogP contribution in [0.2, 0.25) is 0 Å². The van der Waals surface area contributed by atoms with Gasteiger partial charge in [0.25, 0.3) is 0 Å². The summed E-state index contributed by atoms with van der Waals surface area (Å²) in [5.74, 6) is 1.87. The molecule has 132 valence electrons. The van der Waals surface area contributed by atoms with Crippen LogP contribution in [-0.4, -0.2) is 11.6 Å². The van der Waals surface area contributed by atoms with Crippen LogP contribution in [-0.2, 0) is 13.2 Å². The van der Waals surface area contributed by atoms with Gasteiger partial charge in [-0.1, -0.05) is 30.3 Å². The Bertz CT molecular complexity index is 834. The summed E-state index contributed by atoms with van der Waals surface area (Å²) in [5, 5.41) is 3.64. The molecule has 1 aliphatic rings. The van der Waals surface area contributed by atoms with Gasteiger partial charge in [-0.15, -0.1) is 0 Å². The Balaban J connectivity index is 1.32. The molecule has 0 aliphatic carbocycles. The van der Waals surface area contributed by atoms with Crippen molar-refractivity contribution in [2.75, 3.05) is 6.61 Å². The average molecular weight is 346 g/mol. The highest BCUT2D eigenvalue weighted by molar-refractivity contribution is 5.37. The van der Waals surface area contributed by atoms with Gasteiger partial charge in [-0.2, -0.15) is 0 Å². The fourth-order valence-electron chi connectivity index (χ4n) is 3.14. The number of hydrogen-bond donors (Lipinski definition) is 1. The fourth-order valence-corrected chi connectivity index (χ4v) is 3.14. The van der Waals surface area contributed by atoms with Crippen LogP contribution in [0.3, 0.4) is 0 Å². The largest absolute Gasteiger partial charge is 0.493 e. The van der Waals surface area contributed by atoms with E-state index in [1.165, 1.54) is 11.1 Å². The molecule has 26 heavy (non-hydrogen) atoms. The van der Waals surface area contributed by atoms with Gasteiger partial charge in [-0.3, -0.25) is 4.98 Å². The van der Waals surface area contributed by atoms with E-state index in [0.29, 0.717) is 12.6 Å². The molecule has 2 heterocycles. The van der Waals surface area contributed by atoms with Gasteiger partial charge in [0.15, 0.2) is 0 Å². The van der Waals surface area contributed by atoms with E-state index in [0.717, 1.165) is 36.6 Å². The van der Waals surface area contributed by atoms with E-state index in [4.69, 9.17) is 9.47 Å². The number of rotatable bonds is 6. The van der Waals surface area contributed by atoms with E-state index >= 15 is 0 Å². The van der Waals surface area contributed by atoms with Crippen LogP contribution in [0.25, 0.3) is 0 Å². The van der Waals surface area contributed by atoms with Gasteiger partial charge in [0.2, 0.25) is 0 Å². The molecule has 1 atom stereocenters. The molecule has 0 saturated carbocycles.